The summed E-state index contributed by atoms with van der Waals surface area (Å²) in [5, 5.41) is 7.76. The van der Waals surface area contributed by atoms with Crippen molar-refractivity contribution in [2.45, 2.75) is 25.4 Å². The summed E-state index contributed by atoms with van der Waals surface area (Å²) in [4.78, 5) is 23.9. The van der Waals surface area contributed by atoms with Gasteiger partial charge in [-0.05, 0) is 31.5 Å². The highest BCUT2D eigenvalue weighted by molar-refractivity contribution is 9.10. The molecule has 0 saturated carbocycles. The number of halogens is 1. The van der Waals surface area contributed by atoms with Gasteiger partial charge in [0.25, 0.3) is 0 Å². The molecule has 126 valence electrons. The number of sulfone groups is 1. The van der Waals surface area contributed by atoms with E-state index in [0.29, 0.717) is 12.1 Å². The molecule has 1 heterocycles. The fourth-order valence-electron chi connectivity index (χ4n) is 2.21. The van der Waals surface area contributed by atoms with E-state index < -0.39 is 28.0 Å². The monoisotopic (exact) mass is 403 g/mol. The lowest BCUT2D eigenvalue weighted by atomic mass is 10.2. The van der Waals surface area contributed by atoms with E-state index in [-0.39, 0.29) is 17.4 Å². The van der Waals surface area contributed by atoms with Crippen LogP contribution in [0.1, 0.15) is 13.3 Å². The molecule has 0 aliphatic carbocycles. The minimum Gasteiger partial charge on any atom is -0.334 e. The van der Waals surface area contributed by atoms with E-state index >= 15 is 0 Å². The van der Waals surface area contributed by atoms with Crippen LogP contribution in [0.5, 0.6) is 0 Å². The summed E-state index contributed by atoms with van der Waals surface area (Å²) < 4.78 is 23.5. The molecular weight excluding hydrogens is 386 g/mol. The molecular formula is C14H18BrN3O4S. The molecule has 0 radical (unpaired) electrons. The summed E-state index contributed by atoms with van der Waals surface area (Å²) in [7, 11) is -3.06. The van der Waals surface area contributed by atoms with Crippen LogP contribution in [0.4, 0.5) is 10.5 Å². The van der Waals surface area contributed by atoms with Gasteiger partial charge in [-0.3, -0.25) is 4.79 Å². The van der Waals surface area contributed by atoms with E-state index in [1.54, 1.807) is 25.1 Å². The Morgan fingerprint density at radius 2 is 2.09 bits per heavy atom. The minimum atomic E-state index is -3.06. The third-order valence-electron chi connectivity index (χ3n) is 3.40. The SMILES string of the molecule is C[C@H](NC(=O)N[C@H]1CCS(=O)(=O)C1)C(=O)Nc1cccc(Br)c1. The maximum absolute atomic E-state index is 12.0. The van der Waals surface area contributed by atoms with Crippen LogP contribution in [-0.2, 0) is 14.6 Å². The molecule has 7 nitrogen and oxygen atoms in total. The van der Waals surface area contributed by atoms with Gasteiger partial charge in [-0.2, -0.15) is 0 Å². The van der Waals surface area contributed by atoms with Crippen LogP contribution in [0.2, 0.25) is 0 Å². The molecule has 1 fully saturated rings. The van der Waals surface area contributed by atoms with Gasteiger partial charge in [-0.15, -0.1) is 0 Å². The molecule has 0 aromatic heterocycles. The van der Waals surface area contributed by atoms with Crippen molar-refractivity contribution in [1.29, 1.82) is 0 Å². The van der Waals surface area contributed by atoms with Crippen molar-refractivity contribution in [1.82, 2.24) is 10.6 Å². The first kappa shape index (κ1) is 17.7. The lowest BCUT2D eigenvalue weighted by molar-refractivity contribution is -0.117. The van der Waals surface area contributed by atoms with Crippen LogP contribution in [0, 0.1) is 0 Å². The van der Waals surface area contributed by atoms with Crippen LogP contribution in [0.15, 0.2) is 28.7 Å². The Bertz CT molecular complexity index is 708. The van der Waals surface area contributed by atoms with Gasteiger partial charge in [0.1, 0.15) is 6.04 Å². The molecule has 0 unspecified atom stereocenters. The van der Waals surface area contributed by atoms with Gasteiger partial charge < -0.3 is 16.0 Å². The molecule has 1 aliphatic rings. The smallest absolute Gasteiger partial charge is 0.315 e. The summed E-state index contributed by atoms with van der Waals surface area (Å²) >= 11 is 3.31. The lowest BCUT2D eigenvalue weighted by Crippen LogP contribution is -2.49. The molecule has 0 bridgehead atoms. The molecule has 1 aliphatic heterocycles. The van der Waals surface area contributed by atoms with E-state index in [1.807, 2.05) is 6.07 Å². The zero-order valence-electron chi connectivity index (χ0n) is 12.5. The van der Waals surface area contributed by atoms with Gasteiger partial charge in [0.2, 0.25) is 5.91 Å². The number of carbonyl (C=O) groups is 2. The number of hydrogen-bond donors (Lipinski definition) is 3. The minimum absolute atomic E-state index is 0.0565. The average molecular weight is 404 g/mol. The van der Waals surface area contributed by atoms with Crippen LogP contribution in [0.25, 0.3) is 0 Å². The Morgan fingerprint density at radius 3 is 2.70 bits per heavy atom. The Hall–Kier alpha value is -1.61. The van der Waals surface area contributed by atoms with Crippen molar-refractivity contribution in [3.8, 4) is 0 Å². The molecule has 1 aromatic carbocycles. The summed E-state index contributed by atoms with van der Waals surface area (Å²) in [6.45, 7) is 1.55. The largest absolute Gasteiger partial charge is 0.334 e. The third kappa shape index (κ3) is 5.51. The molecule has 9 heteroatoms. The van der Waals surface area contributed by atoms with Gasteiger partial charge in [-0.25, -0.2) is 13.2 Å². The van der Waals surface area contributed by atoms with E-state index in [0.717, 1.165) is 4.47 Å². The highest BCUT2D eigenvalue weighted by Crippen LogP contribution is 2.15. The summed E-state index contributed by atoms with van der Waals surface area (Å²) in [6, 6.07) is 5.38. The van der Waals surface area contributed by atoms with Gasteiger partial charge in [-0.1, -0.05) is 22.0 Å². The second-order valence-electron chi connectivity index (χ2n) is 5.44. The molecule has 3 amide bonds. The number of urea groups is 1. The molecule has 2 atom stereocenters. The molecule has 3 N–H and O–H groups in total. The van der Waals surface area contributed by atoms with E-state index in [4.69, 9.17) is 0 Å². The first-order valence-corrected chi connectivity index (χ1v) is 9.70. The number of nitrogens with one attached hydrogen (secondary N) is 3. The van der Waals surface area contributed by atoms with Crippen molar-refractivity contribution in [2.24, 2.45) is 0 Å². The van der Waals surface area contributed by atoms with Crippen LogP contribution in [0.3, 0.4) is 0 Å². The molecule has 1 aromatic rings. The highest BCUT2D eigenvalue weighted by Gasteiger charge is 2.29. The standard InChI is InChI=1S/C14H18BrN3O4S/c1-9(13(19)17-11-4-2-3-10(15)7-11)16-14(20)18-12-5-6-23(21,22)8-12/h2-4,7,9,12H,5-6,8H2,1H3,(H,17,19)(H2,16,18,20)/t9-,12-/m0/s1. The lowest BCUT2D eigenvalue weighted by Gasteiger charge is -2.17. The van der Waals surface area contributed by atoms with Crippen molar-refractivity contribution in [3.63, 3.8) is 0 Å². The first-order valence-electron chi connectivity index (χ1n) is 7.09. The highest BCUT2D eigenvalue weighted by atomic mass is 79.9. The van der Waals surface area contributed by atoms with E-state index in [1.165, 1.54) is 0 Å². The molecule has 2 rings (SSSR count). The summed E-state index contributed by atoms with van der Waals surface area (Å²) in [5.41, 5.74) is 0.611. The Balaban J connectivity index is 1.82. The Labute approximate surface area is 143 Å². The van der Waals surface area contributed by atoms with Gasteiger partial charge in [0.15, 0.2) is 9.84 Å². The Kier molecular flexibility index (Phi) is 5.64. The fourth-order valence-corrected chi connectivity index (χ4v) is 4.29. The van der Waals surface area contributed by atoms with Gasteiger partial charge in [0, 0.05) is 16.2 Å². The van der Waals surface area contributed by atoms with Gasteiger partial charge >= 0.3 is 6.03 Å². The first-order chi connectivity index (χ1) is 10.7. The normalized spacial score (nSPS) is 20.5. The van der Waals surface area contributed by atoms with Crippen molar-refractivity contribution >= 4 is 43.4 Å². The predicted octanol–water partition coefficient (Wildman–Crippen LogP) is 1.26. The van der Waals surface area contributed by atoms with E-state index in [9.17, 15) is 18.0 Å². The number of anilines is 1. The number of carbonyl (C=O) groups excluding carboxylic acids is 2. The molecule has 0 spiro atoms. The zero-order chi connectivity index (χ0) is 17.0. The fraction of sp³-hybridized carbons (Fsp3) is 0.429. The van der Waals surface area contributed by atoms with Gasteiger partial charge in [0.05, 0.1) is 11.5 Å². The Morgan fingerprint density at radius 1 is 1.35 bits per heavy atom. The topological polar surface area (TPSA) is 104 Å². The summed E-state index contributed by atoms with van der Waals surface area (Å²) in [5.74, 6) is -0.340. The number of benzene rings is 1. The van der Waals surface area contributed by atoms with Crippen molar-refractivity contribution in [2.75, 3.05) is 16.8 Å². The second kappa shape index (κ2) is 7.31. The average Bonchev–Trinajstić information content (AvgIpc) is 2.77. The maximum Gasteiger partial charge on any atom is 0.315 e. The molecule has 1 saturated heterocycles. The van der Waals surface area contributed by atoms with Crippen LogP contribution < -0.4 is 16.0 Å². The maximum atomic E-state index is 12.0. The quantitative estimate of drug-likeness (QED) is 0.703. The molecule has 23 heavy (non-hydrogen) atoms. The van der Waals surface area contributed by atoms with Crippen molar-refractivity contribution < 1.29 is 18.0 Å². The third-order valence-corrected chi connectivity index (χ3v) is 5.66. The van der Waals surface area contributed by atoms with Crippen LogP contribution in [-0.4, -0.2) is 43.9 Å². The number of amides is 3. The van der Waals surface area contributed by atoms with Crippen molar-refractivity contribution in [3.05, 3.63) is 28.7 Å². The van der Waals surface area contributed by atoms with Crippen LogP contribution >= 0.6 is 15.9 Å². The number of rotatable bonds is 4. The predicted molar refractivity (Wildman–Crippen MR) is 91.0 cm³/mol. The zero-order valence-corrected chi connectivity index (χ0v) is 14.9. The number of hydrogen-bond acceptors (Lipinski definition) is 4. The summed E-state index contributed by atoms with van der Waals surface area (Å²) in [6.07, 6.45) is 0.397. The second-order valence-corrected chi connectivity index (χ2v) is 8.58. The van der Waals surface area contributed by atoms with E-state index in [2.05, 4.69) is 31.9 Å².